The molecule has 0 saturated heterocycles. The zero-order valence-corrected chi connectivity index (χ0v) is 15.9. The highest BCUT2D eigenvalue weighted by Crippen LogP contribution is 2.65. The second-order valence-corrected chi connectivity index (χ2v) is 9.72. The number of carbonyl (C=O) groups is 1. The van der Waals surface area contributed by atoms with Gasteiger partial charge in [0, 0.05) is 13.5 Å². The quantitative estimate of drug-likeness (QED) is 0.663. The fourth-order valence-electron chi connectivity index (χ4n) is 7.55. The summed E-state index contributed by atoms with van der Waals surface area (Å²) in [4.78, 5) is 11.9. The smallest absolute Gasteiger partial charge is 0.155 e. The molecule has 2 nitrogen and oxygen atoms in total. The third-order valence-corrected chi connectivity index (χ3v) is 8.75. The molecule has 4 aliphatic rings. The van der Waals surface area contributed by atoms with E-state index in [2.05, 4.69) is 20.8 Å². The SMILES string of the molecule is CO[C@H]1[C@H](C)CC[C@H]2[C@@H]3CCC4=CC(=O)CC[C@]4(C)[C@H]3CC[C@@]21C. The Labute approximate surface area is 147 Å². The lowest BCUT2D eigenvalue weighted by molar-refractivity contribution is -0.161. The van der Waals surface area contributed by atoms with Crippen LogP contribution in [0.1, 0.15) is 72.1 Å². The van der Waals surface area contributed by atoms with Crippen molar-refractivity contribution in [2.24, 2.45) is 34.5 Å². The average molecular weight is 331 g/mol. The van der Waals surface area contributed by atoms with E-state index in [-0.39, 0.29) is 0 Å². The summed E-state index contributed by atoms with van der Waals surface area (Å²) < 4.78 is 6.05. The standard InChI is InChI=1S/C22H34O2/c1-14-5-8-18-17-7-6-15-13-16(23)9-11-21(15,2)19(17)10-12-22(18,3)20(14)24-4/h13-14,17-20H,5-12H2,1-4H3/t14-,17+,18+,19+,20+,21+,22+/m1/s1. The van der Waals surface area contributed by atoms with Crippen molar-refractivity contribution in [3.8, 4) is 0 Å². The van der Waals surface area contributed by atoms with E-state index in [1.165, 1.54) is 37.7 Å². The Bertz CT molecular complexity index is 564. The third kappa shape index (κ3) is 2.21. The zero-order chi connectivity index (χ0) is 17.1. The fourth-order valence-corrected chi connectivity index (χ4v) is 7.55. The molecule has 0 N–H and O–H groups in total. The maximum Gasteiger partial charge on any atom is 0.155 e. The highest BCUT2D eigenvalue weighted by Gasteiger charge is 2.58. The molecule has 2 heteroatoms. The summed E-state index contributed by atoms with van der Waals surface area (Å²) in [6.45, 7) is 7.39. The van der Waals surface area contributed by atoms with Gasteiger partial charge in [-0.3, -0.25) is 4.79 Å². The van der Waals surface area contributed by atoms with Gasteiger partial charge < -0.3 is 4.74 Å². The van der Waals surface area contributed by atoms with Crippen LogP contribution >= 0.6 is 0 Å². The summed E-state index contributed by atoms with van der Waals surface area (Å²) in [6.07, 6.45) is 12.1. The molecule has 7 atom stereocenters. The predicted molar refractivity (Wildman–Crippen MR) is 96.7 cm³/mol. The Balaban J connectivity index is 1.67. The zero-order valence-electron chi connectivity index (χ0n) is 15.9. The molecule has 0 bridgehead atoms. The summed E-state index contributed by atoms with van der Waals surface area (Å²) >= 11 is 0. The molecule has 0 unspecified atom stereocenters. The van der Waals surface area contributed by atoms with Crippen LogP contribution in [0.25, 0.3) is 0 Å². The molecule has 0 aromatic heterocycles. The normalized spacial score (nSPS) is 51.2. The van der Waals surface area contributed by atoms with Crippen LogP contribution in [0.3, 0.4) is 0 Å². The highest BCUT2D eigenvalue weighted by atomic mass is 16.5. The number of ether oxygens (including phenoxy) is 1. The van der Waals surface area contributed by atoms with Gasteiger partial charge in [-0.1, -0.05) is 26.3 Å². The first kappa shape index (κ1) is 16.8. The maximum absolute atomic E-state index is 11.9. The number of methoxy groups -OCH3 is 1. The van der Waals surface area contributed by atoms with Crippen molar-refractivity contribution in [2.75, 3.05) is 7.11 Å². The van der Waals surface area contributed by atoms with Gasteiger partial charge in [-0.2, -0.15) is 0 Å². The van der Waals surface area contributed by atoms with Gasteiger partial charge in [-0.15, -0.1) is 0 Å². The van der Waals surface area contributed by atoms with Crippen molar-refractivity contribution in [2.45, 2.75) is 78.2 Å². The van der Waals surface area contributed by atoms with Crippen molar-refractivity contribution in [1.82, 2.24) is 0 Å². The third-order valence-electron chi connectivity index (χ3n) is 8.75. The molecule has 4 rings (SSSR count). The number of carbonyl (C=O) groups excluding carboxylic acids is 1. The summed E-state index contributed by atoms with van der Waals surface area (Å²) in [5.74, 6) is 3.49. The first-order valence-corrected chi connectivity index (χ1v) is 10.2. The number of fused-ring (bicyclic) bond motifs is 5. The Morgan fingerprint density at radius 2 is 1.83 bits per heavy atom. The van der Waals surface area contributed by atoms with Gasteiger partial charge in [-0.05, 0) is 85.5 Å². The molecule has 0 amide bonds. The Morgan fingerprint density at radius 1 is 1.04 bits per heavy atom. The van der Waals surface area contributed by atoms with E-state index in [4.69, 9.17) is 4.74 Å². The van der Waals surface area contributed by atoms with Crippen LogP contribution in [0.5, 0.6) is 0 Å². The lowest BCUT2D eigenvalue weighted by atomic mass is 9.43. The number of allylic oxidation sites excluding steroid dienone is 2. The Hall–Kier alpha value is -0.630. The van der Waals surface area contributed by atoms with Crippen LogP contribution < -0.4 is 0 Å². The molecular formula is C22H34O2. The lowest BCUT2D eigenvalue weighted by Gasteiger charge is -2.62. The van der Waals surface area contributed by atoms with Crippen LogP contribution in [0.15, 0.2) is 11.6 Å². The van der Waals surface area contributed by atoms with E-state index in [0.29, 0.717) is 28.6 Å². The first-order chi connectivity index (χ1) is 11.4. The van der Waals surface area contributed by atoms with Gasteiger partial charge in [-0.25, -0.2) is 0 Å². The largest absolute Gasteiger partial charge is 0.381 e. The van der Waals surface area contributed by atoms with E-state index in [1.807, 2.05) is 13.2 Å². The van der Waals surface area contributed by atoms with Crippen molar-refractivity contribution in [3.05, 3.63) is 11.6 Å². The van der Waals surface area contributed by atoms with Crippen LogP contribution in [0, 0.1) is 34.5 Å². The van der Waals surface area contributed by atoms with Crippen LogP contribution in [-0.4, -0.2) is 19.0 Å². The van der Waals surface area contributed by atoms with Crippen molar-refractivity contribution >= 4 is 5.78 Å². The summed E-state index contributed by atoms with van der Waals surface area (Å²) in [5, 5.41) is 0. The average Bonchev–Trinajstić information content (AvgIpc) is 2.54. The fraction of sp³-hybridized carbons (Fsp3) is 0.864. The van der Waals surface area contributed by atoms with E-state index in [1.54, 1.807) is 0 Å². The van der Waals surface area contributed by atoms with Crippen LogP contribution in [0.4, 0.5) is 0 Å². The minimum Gasteiger partial charge on any atom is -0.381 e. The molecule has 24 heavy (non-hydrogen) atoms. The van der Waals surface area contributed by atoms with Gasteiger partial charge in [0.15, 0.2) is 5.78 Å². The van der Waals surface area contributed by atoms with Gasteiger partial charge in [0.25, 0.3) is 0 Å². The second kappa shape index (κ2) is 5.69. The maximum atomic E-state index is 11.9. The molecule has 4 aliphatic carbocycles. The molecule has 3 saturated carbocycles. The van der Waals surface area contributed by atoms with Gasteiger partial charge in [0.1, 0.15) is 0 Å². The summed E-state index contributed by atoms with van der Waals surface area (Å²) in [7, 11) is 1.93. The predicted octanol–water partition coefficient (Wildman–Crippen LogP) is 5.17. The van der Waals surface area contributed by atoms with Crippen molar-refractivity contribution in [1.29, 1.82) is 0 Å². The number of hydrogen-bond acceptors (Lipinski definition) is 2. The number of hydrogen-bond donors (Lipinski definition) is 0. The van der Waals surface area contributed by atoms with Gasteiger partial charge in [0.2, 0.25) is 0 Å². The van der Waals surface area contributed by atoms with Gasteiger partial charge >= 0.3 is 0 Å². The number of rotatable bonds is 1. The summed E-state index contributed by atoms with van der Waals surface area (Å²) in [6, 6.07) is 0. The van der Waals surface area contributed by atoms with E-state index < -0.39 is 0 Å². The highest BCUT2D eigenvalue weighted by molar-refractivity contribution is 5.91. The van der Waals surface area contributed by atoms with Gasteiger partial charge in [0.05, 0.1) is 6.10 Å². The molecule has 0 radical (unpaired) electrons. The van der Waals surface area contributed by atoms with E-state index >= 15 is 0 Å². The monoisotopic (exact) mass is 330 g/mol. The van der Waals surface area contributed by atoms with Crippen LogP contribution in [-0.2, 0) is 9.53 Å². The molecule has 134 valence electrons. The Kier molecular flexibility index (Phi) is 3.99. The minimum absolute atomic E-state index is 0.295. The molecule has 0 spiro atoms. The van der Waals surface area contributed by atoms with Crippen LogP contribution in [0.2, 0.25) is 0 Å². The molecule has 0 aliphatic heterocycles. The topological polar surface area (TPSA) is 26.3 Å². The summed E-state index contributed by atoms with van der Waals surface area (Å²) in [5.41, 5.74) is 2.13. The number of ketones is 1. The molecule has 3 fully saturated rings. The Morgan fingerprint density at radius 3 is 2.58 bits per heavy atom. The minimum atomic E-state index is 0.295. The van der Waals surface area contributed by atoms with E-state index in [0.717, 1.165) is 37.0 Å². The molecule has 0 aromatic rings. The molecule has 0 aromatic carbocycles. The van der Waals surface area contributed by atoms with Crippen molar-refractivity contribution < 1.29 is 9.53 Å². The molecule has 0 heterocycles. The second-order valence-electron chi connectivity index (χ2n) is 9.72. The lowest BCUT2D eigenvalue weighted by Crippen LogP contribution is -2.57. The van der Waals surface area contributed by atoms with Crippen molar-refractivity contribution in [3.63, 3.8) is 0 Å². The molecular weight excluding hydrogens is 296 g/mol. The van der Waals surface area contributed by atoms with E-state index in [9.17, 15) is 4.79 Å². The first-order valence-electron chi connectivity index (χ1n) is 10.2.